The normalized spacial score (nSPS) is 16.2. The minimum atomic E-state index is -1.02. The zero-order chi connectivity index (χ0) is 21.3. The van der Waals surface area contributed by atoms with Crippen molar-refractivity contribution in [2.24, 2.45) is 0 Å². The molecule has 2 N–H and O–H groups in total. The molecule has 1 unspecified atom stereocenters. The monoisotopic (exact) mass is 404 g/mol. The van der Waals surface area contributed by atoms with E-state index >= 15 is 0 Å². The molecule has 7 nitrogen and oxygen atoms in total. The van der Waals surface area contributed by atoms with E-state index in [1.54, 1.807) is 43.3 Å². The molecule has 0 fully saturated rings. The van der Waals surface area contributed by atoms with Crippen LogP contribution < -0.4 is 16.1 Å². The Morgan fingerprint density at radius 3 is 2.63 bits per heavy atom. The van der Waals surface area contributed by atoms with Gasteiger partial charge in [0.15, 0.2) is 5.43 Å². The Bertz CT molecular complexity index is 1230. The first-order valence-corrected chi connectivity index (χ1v) is 9.56. The van der Waals surface area contributed by atoms with Gasteiger partial charge in [-0.3, -0.25) is 4.79 Å². The van der Waals surface area contributed by atoms with Gasteiger partial charge in [0.25, 0.3) is 0 Å². The maximum absolute atomic E-state index is 13.2. The lowest BCUT2D eigenvalue weighted by Gasteiger charge is -2.29. The zero-order valence-electron chi connectivity index (χ0n) is 16.5. The molecule has 1 aliphatic heterocycles. The Balaban J connectivity index is 1.96. The first kappa shape index (κ1) is 19.4. The molecule has 2 aromatic carbocycles. The Morgan fingerprint density at radius 2 is 1.90 bits per heavy atom. The molecule has 0 spiro atoms. The topological polar surface area (TPSA) is 97.6 Å². The summed E-state index contributed by atoms with van der Waals surface area (Å²) in [5, 5.41) is 5.74. The molecule has 0 saturated carbocycles. The van der Waals surface area contributed by atoms with Crippen molar-refractivity contribution in [1.82, 2.24) is 10.6 Å². The summed E-state index contributed by atoms with van der Waals surface area (Å²) < 4.78 is 10.9. The third kappa shape index (κ3) is 3.45. The van der Waals surface area contributed by atoms with Gasteiger partial charge in [0.2, 0.25) is 0 Å². The van der Waals surface area contributed by atoms with Crippen molar-refractivity contribution >= 4 is 28.7 Å². The van der Waals surface area contributed by atoms with Crippen LogP contribution in [0.4, 0.5) is 4.79 Å². The van der Waals surface area contributed by atoms with Crippen LogP contribution in [0.5, 0.6) is 0 Å². The summed E-state index contributed by atoms with van der Waals surface area (Å²) in [6, 6.07) is 12.7. The molecule has 1 aromatic heterocycles. The largest absolute Gasteiger partial charge is 0.464 e. The first-order chi connectivity index (χ1) is 14.5. The molecule has 3 aromatic rings. The lowest BCUT2D eigenvalue weighted by Crippen LogP contribution is -2.46. The van der Waals surface area contributed by atoms with Crippen LogP contribution in [-0.2, 0) is 9.53 Å². The lowest BCUT2D eigenvalue weighted by atomic mass is 9.93. The van der Waals surface area contributed by atoms with Gasteiger partial charge in [-0.25, -0.2) is 9.59 Å². The standard InChI is InChI=1S/C23H20N2O5/c1-3-29-22(27)18-19(14-7-5-4-6-8-14)24-23(28)25-20(18)16-12-30-17-10-9-13(2)11-15(17)21(16)26/h4-12,20H,3H2,1-2H3,(H2,24,25,28). The fourth-order valence-electron chi connectivity index (χ4n) is 3.52. The number of ether oxygens (including phenoxy) is 1. The molecule has 1 aliphatic rings. The average molecular weight is 404 g/mol. The van der Waals surface area contributed by atoms with Crippen LogP contribution in [0.15, 0.2) is 69.6 Å². The summed E-state index contributed by atoms with van der Waals surface area (Å²) in [5.41, 5.74) is 2.22. The maximum Gasteiger partial charge on any atom is 0.338 e. The highest BCUT2D eigenvalue weighted by Gasteiger charge is 2.36. The van der Waals surface area contributed by atoms with E-state index in [2.05, 4.69) is 10.6 Å². The molecular weight excluding hydrogens is 384 g/mol. The Labute approximate surface area is 172 Å². The second-order valence-corrected chi connectivity index (χ2v) is 6.93. The van der Waals surface area contributed by atoms with Crippen LogP contribution in [0, 0.1) is 6.92 Å². The smallest absolute Gasteiger partial charge is 0.338 e. The number of rotatable bonds is 4. The van der Waals surface area contributed by atoms with Gasteiger partial charge < -0.3 is 19.8 Å². The molecule has 152 valence electrons. The van der Waals surface area contributed by atoms with Crippen molar-refractivity contribution in [3.8, 4) is 0 Å². The van der Waals surface area contributed by atoms with E-state index in [9.17, 15) is 14.4 Å². The van der Waals surface area contributed by atoms with Crippen LogP contribution in [0.1, 0.15) is 29.7 Å². The van der Waals surface area contributed by atoms with Gasteiger partial charge in [-0.15, -0.1) is 0 Å². The van der Waals surface area contributed by atoms with Crippen molar-refractivity contribution in [2.45, 2.75) is 19.9 Å². The SMILES string of the molecule is CCOC(=O)C1=C(c2ccccc2)NC(=O)NC1c1coc2ccc(C)cc2c1=O. The molecule has 0 radical (unpaired) electrons. The van der Waals surface area contributed by atoms with Crippen molar-refractivity contribution in [3.63, 3.8) is 0 Å². The molecule has 7 heteroatoms. The fraction of sp³-hybridized carbons (Fsp3) is 0.174. The summed E-state index contributed by atoms with van der Waals surface area (Å²) >= 11 is 0. The molecule has 2 amide bonds. The van der Waals surface area contributed by atoms with Gasteiger partial charge in [0.05, 0.1) is 34.9 Å². The van der Waals surface area contributed by atoms with Crippen molar-refractivity contribution in [3.05, 3.63) is 87.3 Å². The Kier molecular flexibility index (Phi) is 5.10. The summed E-state index contributed by atoms with van der Waals surface area (Å²) in [7, 11) is 0. The van der Waals surface area contributed by atoms with E-state index in [4.69, 9.17) is 9.15 Å². The maximum atomic E-state index is 13.2. The van der Waals surface area contributed by atoms with Crippen molar-refractivity contribution in [1.29, 1.82) is 0 Å². The number of amides is 2. The fourth-order valence-corrected chi connectivity index (χ4v) is 3.52. The number of esters is 1. The van der Waals surface area contributed by atoms with Gasteiger partial charge >= 0.3 is 12.0 Å². The van der Waals surface area contributed by atoms with Gasteiger partial charge in [0, 0.05) is 0 Å². The predicted octanol–water partition coefficient (Wildman–Crippen LogP) is 3.43. The predicted molar refractivity (Wildman–Crippen MR) is 112 cm³/mol. The number of benzene rings is 2. The van der Waals surface area contributed by atoms with Gasteiger partial charge in [-0.2, -0.15) is 0 Å². The van der Waals surface area contributed by atoms with Crippen molar-refractivity contribution < 1.29 is 18.7 Å². The summed E-state index contributed by atoms with van der Waals surface area (Å²) in [5.74, 6) is -0.627. The minimum Gasteiger partial charge on any atom is -0.464 e. The summed E-state index contributed by atoms with van der Waals surface area (Å²) in [6.07, 6.45) is 1.29. The number of hydrogen-bond donors (Lipinski definition) is 2. The van der Waals surface area contributed by atoms with Gasteiger partial charge in [0.1, 0.15) is 11.8 Å². The number of urea groups is 1. The quantitative estimate of drug-likeness (QED) is 0.650. The van der Waals surface area contributed by atoms with Crippen molar-refractivity contribution in [2.75, 3.05) is 6.61 Å². The second kappa shape index (κ2) is 7.87. The lowest BCUT2D eigenvalue weighted by molar-refractivity contribution is -0.138. The number of hydrogen-bond acceptors (Lipinski definition) is 5. The number of carbonyl (C=O) groups excluding carboxylic acids is 2. The summed E-state index contributed by atoms with van der Waals surface area (Å²) in [4.78, 5) is 38.6. The highest BCUT2D eigenvalue weighted by Crippen LogP contribution is 2.31. The third-order valence-electron chi connectivity index (χ3n) is 4.90. The molecule has 2 heterocycles. The minimum absolute atomic E-state index is 0.141. The van der Waals surface area contributed by atoms with E-state index in [0.717, 1.165) is 5.56 Å². The van der Waals surface area contributed by atoms with E-state index in [-0.39, 0.29) is 23.2 Å². The van der Waals surface area contributed by atoms with E-state index in [1.807, 2.05) is 19.1 Å². The second-order valence-electron chi connectivity index (χ2n) is 6.93. The van der Waals surface area contributed by atoms with Gasteiger partial charge in [-0.1, -0.05) is 42.0 Å². The Morgan fingerprint density at radius 1 is 1.13 bits per heavy atom. The van der Waals surface area contributed by atoms with Crippen LogP contribution in [0.3, 0.4) is 0 Å². The third-order valence-corrected chi connectivity index (χ3v) is 4.90. The van der Waals surface area contributed by atoms with Crippen LogP contribution in [-0.4, -0.2) is 18.6 Å². The molecule has 1 atom stereocenters. The first-order valence-electron chi connectivity index (χ1n) is 9.56. The van der Waals surface area contributed by atoms with E-state index in [0.29, 0.717) is 22.2 Å². The Hall–Kier alpha value is -3.87. The molecule has 0 aliphatic carbocycles. The molecule has 30 heavy (non-hydrogen) atoms. The molecule has 0 saturated heterocycles. The molecular formula is C23H20N2O5. The van der Waals surface area contributed by atoms with Crippen LogP contribution >= 0.6 is 0 Å². The molecule has 0 bridgehead atoms. The molecule has 4 rings (SSSR count). The highest BCUT2D eigenvalue weighted by atomic mass is 16.5. The van der Waals surface area contributed by atoms with Gasteiger partial charge in [-0.05, 0) is 31.5 Å². The number of carbonyl (C=O) groups is 2. The number of nitrogens with one attached hydrogen (secondary N) is 2. The van der Waals surface area contributed by atoms with Crippen LogP contribution in [0.25, 0.3) is 16.7 Å². The number of aryl methyl sites for hydroxylation is 1. The van der Waals surface area contributed by atoms with E-state index < -0.39 is 18.0 Å². The summed E-state index contributed by atoms with van der Waals surface area (Å²) in [6.45, 7) is 3.71. The zero-order valence-corrected chi connectivity index (χ0v) is 16.5. The van der Waals surface area contributed by atoms with E-state index in [1.165, 1.54) is 6.26 Å². The number of fused-ring (bicyclic) bond motifs is 1. The highest BCUT2D eigenvalue weighted by molar-refractivity contribution is 6.04. The average Bonchev–Trinajstić information content (AvgIpc) is 2.74. The van der Waals surface area contributed by atoms with Crippen LogP contribution in [0.2, 0.25) is 0 Å².